The molecule has 82 valence electrons. The SMILES string of the molecule is CC1CCC(C2COC(C)OC2)OC1. The zero-order valence-corrected chi connectivity index (χ0v) is 9.07. The fourth-order valence-corrected chi connectivity index (χ4v) is 2.10. The lowest BCUT2D eigenvalue weighted by Gasteiger charge is -2.36. The Morgan fingerprint density at radius 3 is 2.14 bits per heavy atom. The Bertz CT molecular complexity index is 147. The van der Waals surface area contributed by atoms with Crippen LogP contribution in [0.4, 0.5) is 0 Å². The molecule has 2 unspecified atom stereocenters. The molecule has 0 aromatic heterocycles. The highest BCUT2D eigenvalue weighted by Crippen LogP contribution is 2.26. The van der Waals surface area contributed by atoms with E-state index in [2.05, 4.69) is 6.92 Å². The molecule has 0 aliphatic carbocycles. The first-order chi connectivity index (χ1) is 6.75. The summed E-state index contributed by atoms with van der Waals surface area (Å²) < 4.78 is 16.7. The summed E-state index contributed by atoms with van der Waals surface area (Å²) in [6, 6.07) is 0. The monoisotopic (exact) mass is 200 g/mol. The predicted octanol–water partition coefficient (Wildman–Crippen LogP) is 1.81. The van der Waals surface area contributed by atoms with Crippen molar-refractivity contribution >= 4 is 0 Å². The maximum absolute atomic E-state index is 5.80. The summed E-state index contributed by atoms with van der Waals surface area (Å²) in [5.41, 5.74) is 0. The minimum atomic E-state index is -0.0336. The lowest BCUT2D eigenvalue weighted by Crippen LogP contribution is -2.41. The van der Waals surface area contributed by atoms with Gasteiger partial charge in [0.1, 0.15) is 0 Å². The van der Waals surface area contributed by atoms with Gasteiger partial charge in [-0.3, -0.25) is 0 Å². The van der Waals surface area contributed by atoms with Crippen molar-refractivity contribution < 1.29 is 14.2 Å². The maximum Gasteiger partial charge on any atom is 0.154 e. The highest BCUT2D eigenvalue weighted by atomic mass is 16.7. The standard InChI is InChI=1S/C11H20O3/c1-8-3-4-11(14-5-8)10-6-12-9(2)13-7-10/h8-11H,3-7H2,1-2H3. The van der Waals surface area contributed by atoms with Crippen LogP contribution in [0, 0.1) is 11.8 Å². The van der Waals surface area contributed by atoms with Crippen molar-refractivity contribution in [2.45, 2.75) is 39.1 Å². The van der Waals surface area contributed by atoms with Crippen LogP contribution in [0.3, 0.4) is 0 Å². The van der Waals surface area contributed by atoms with E-state index in [9.17, 15) is 0 Å². The fourth-order valence-electron chi connectivity index (χ4n) is 2.10. The summed E-state index contributed by atoms with van der Waals surface area (Å²) in [6.07, 6.45) is 2.76. The Balaban J connectivity index is 1.78. The third-order valence-electron chi connectivity index (χ3n) is 3.15. The third kappa shape index (κ3) is 2.47. The zero-order valence-electron chi connectivity index (χ0n) is 9.07. The van der Waals surface area contributed by atoms with Gasteiger partial charge >= 0.3 is 0 Å². The molecular weight excluding hydrogens is 180 g/mol. The first-order valence-corrected chi connectivity index (χ1v) is 5.60. The lowest BCUT2D eigenvalue weighted by atomic mass is 9.92. The van der Waals surface area contributed by atoms with Crippen molar-refractivity contribution in [1.82, 2.24) is 0 Å². The molecule has 2 rings (SSSR count). The molecule has 0 spiro atoms. The van der Waals surface area contributed by atoms with Crippen molar-refractivity contribution in [2.24, 2.45) is 11.8 Å². The fraction of sp³-hybridized carbons (Fsp3) is 1.00. The first kappa shape index (κ1) is 10.4. The number of rotatable bonds is 1. The minimum absolute atomic E-state index is 0.0336. The van der Waals surface area contributed by atoms with Crippen molar-refractivity contribution in [2.75, 3.05) is 19.8 Å². The number of ether oxygens (including phenoxy) is 3. The molecule has 0 radical (unpaired) electrons. The predicted molar refractivity (Wildman–Crippen MR) is 53.0 cm³/mol. The normalized spacial score (nSPS) is 45.0. The Labute approximate surface area is 85.7 Å². The first-order valence-electron chi connectivity index (χ1n) is 5.60. The maximum atomic E-state index is 5.80. The molecule has 3 nitrogen and oxygen atoms in total. The van der Waals surface area contributed by atoms with E-state index in [-0.39, 0.29) is 6.29 Å². The Morgan fingerprint density at radius 2 is 1.57 bits per heavy atom. The molecule has 0 aromatic carbocycles. The molecule has 0 amide bonds. The van der Waals surface area contributed by atoms with E-state index in [0.29, 0.717) is 12.0 Å². The van der Waals surface area contributed by atoms with Crippen LogP contribution in [-0.2, 0) is 14.2 Å². The smallest absolute Gasteiger partial charge is 0.154 e. The third-order valence-corrected chi connectivity index (χ3v) is 3.15. The van der Waals surface area contributed by atoms with Gasteiger partial charge in [0, 0.05) is 12.5 Å². The molecule has 2 saturated heterocycles. The molecular formula is C11H20O3. The van der Waals surface area contributed by atoms with Crippen LogP contribution in [-0.4, -0.2) is 32.2 Å². The highest BCUT2D eigenvalue weighted by molar-refractivity contribution is 4.76. The van der Waals surface area contributed by atoms with Crippen molar-refractivity contribution in [1.29, 1.82) is 0 Å². The van der Waals surface area contributed by atoms with E-state index in [1.807, 2.05) is 6.92 Å². The Morgan fingerprint density at radius 1 is 0.857 bits per heavy atom. The van der Waals surface area contributed by atoms with Gasteiger partial charge < -0.3 is 14.2 Å². The van der Waals surface area contributed by atoms with E-state index in [4.69, 9.17) is 14.2 Å². The van der Waals surface area contributed by atoms with E-state index < -0.39 is 0 Å². The van der Waals surface area contributed by atoms with Crippen LogP contribution in [0.5, 0.6) is 0 Å². The summed E-state index contributed by atoms with van der Waals surface area (Å²) in [4.78, 5) is 0. The average molecular weight is 200 g/mol. The van der Waals surface area contributed by atoms with Crippen LogP contribution in [0.2, 0.25) is 0 Å². The topological polar surface area (TPSA) is 27.7 Å². The van der Waals surface area contributed by atoms with Gasteiger partial charge in [-0.15, -0.1) is 0 Å². The molecule has 0 N–H and O–H groups in total. The number of hydrogen-bond acceptors (Lipinski definition) is 3. The lowest BCUT2D eigenvalue weighted by molar-refractivity contribution is -0.214. The van der Waals surface area contributed by atoms with Crippen LogP contribution in [0.15, 0.2) is 0 Å². The molecule has 2 atom stereocenters. The molecule has 2 aliphatic rings. The largest absolute Gasteiger partial charge is 0.377 e. The molecule has 2 aliphatic heterocycles. The van der Waals surface area contributed by atoms with Crippen LogP contribution in [0.1, 0.15) is 26.7 Å². The van der Waals surface area contributed by atoms with Gasteiger partial charge in [-0.1, -0.05) is 6.92 Å². The molecule has 0 bridgehead atoms. The summed E-state index contributed by atoms with van der Waals surface area (Å²) in [5, 5.41) is 0. The average Bonchev–Trinajstić information content (AvgIpc) is 2.21. The van der Waals surface area contributed by atoms with Crippen LogP contribution < -0.4 is 0 Å². The quantitative estimate of drug-likeness (QED) is 0.646. The summed E-state index contributed by atoms with van der Waals surface area (Å²) in [6.45, 7) is 6.67. The van der Waals surface area contributed by atoms with Gasteiger partial charge in [-0.05, 0) is 25.7 Å². The summed E-state index contributed by atoms with van der Waals surface area (Å²) in [5.74, 6) is 1.16. The van der Waals surface area contributed by atoms with Gasteiger partial charge in [-0.25, -0.2) is 0 Å². The van der Waals surface area contributed by atoms with E-state index in [1.165, 1.54) is 6.42 Å². The van der Waals surface area contributed by atoms with Crippen molar-refractivity contribution in [3.05, 3.63) is 0 Å². The van der Waals surface area contributed by atoms with Crippen molar-refractivity contribution in [3.63, 3.8) is 0 Å². The highest BCUT2D eigenvalue weighted by Gasteiger charge is 2.30. The van der Waals surface area contributed by atoms with Gasteiger partial charge in [0.05, 0.1) is 19.3 Å². The van der Waals surface area contributed by atoms with E-state index in [0.717, 1.165) is 32.2 Å². The van der Waals surface area contributed by atoms with E-state index >= 15 is 0 Å². The Kier molecular flexibility index (Phi) is 3.42. The molecule has 0 aromatic rings. The van der Waals surface area contributed by atoms with Gasteiger partial charge in [-0.2, -0.15) is 0 Å². The Hall–Kier alpha value is -0.120. The second-order valence-corrected chi connectivity index (χ2v) is 4.55. The van der Waals surface area contributed by atoms with Crippen molar-refractivity contribution in [3.8, 4) is 0 Å². The van der Waals surface area contributed by atoms with E-state index in [1.54, 1.807) is 0 Å². The zero-order chi connectivity index (χ0) is 9.97. The summed E-state index contributed by atoms with van der Waals surface area (Å²) in [7, 11) is 0. The van der Waals surface area contributed by atoms with Gasteiger partial charge in [0.25, 0.3) is 0 Å². The molecule has 0 saturated carbocycles. The minimum Gasteiger partial charge on any atom is -0.377 e. The second-order valence-electron chi connectivity index (χ2n) is 4.55. The molecule has 14 heavy (non-hydrogen) atoms. The van der Waals surface area contributed by atoms with Crippen LogP contribution in [0.25, 0.3) is 0 Å². The molecule has 3 heteroatoms. The number of hydrogen-bond donors (Lipinski definition) is 0. The molecule has 2 heterocycles. The molecule has 2 fully saturated rings. The summed E-state index contributed by atoms with van der Waals surface area (Å²) >= 11 is 0. The second kappa shape index (κ2) is 4.60. The van der Waals surface area contributed by atoms with Gasteiger partial charge in [0.2, 0.25) is 0 Å². The van der Waals surface area contributed by atoms with Crippen LogP contribution >= 0.6 is 0 Å². The van der Waals surface area contributed by atoms with Gasteiger partial charge in [0.15, 0.2) is 6.29 Å².